The zero-order valence-electron chi connectivity index (χ0n) is 7.55. The van der Waals surface area contributed by atoms with Gasteiger partial charge >= 0.3 is 0 Å². The van der Waals surface area contributed by atoms with E-state index in [1.54, 1.807) is 21.6 Å². The molecule has 1 atom stereocenters. The molecule has 0 aliphatic carbocycles. The van der Waals surface area contributed by atoms with Crippen molar-refractivity contribution < 1.29 is 4.79 Å². The summed E-state index contributed by atoms with van der Waals surface area (Å²) < 4.78 is 0. The molecule has 1 aromatic rings. The minimum Gasteiger partial charge on any atom is -0.303 e. The van der Waals surface area contributed by atoms with Crippen LogP contribution in [0.1, 0.15) is 12.0 Å². The molecule has 0 bridgehead atoms. The summed E-state index contributed by atoms with van der Waals surface area (Å²) in [5, 5.41) is 2.48. The Morgan fingerprint density at radius 2 is 2.07 bits per heavy atom. The number of carbonyl (C=O) groups is 1. The van der Waals surface area contributed by atoms with Gasteiger partial charge in [-0.3, -0.25) is 0 Å². The van der Waals surface area contributed by atoms with Crippen LogP contribution in [0.3, 0.4) is 0 Å². The number of hydrogen-bond donors (Lipinski definition) is 0. The van der Waals surface area contributed by atoms with Gasteiger partial charge in [0, 0.05) is 11.7 Å². The van der Waals surface area contributed by atoms with Crippen molar-refractivity contribution in [3.63, 3.8) is 0 Å². The van der Waals surface area contributed by atoms with E-state index >= 15 is 0 Å². The van der Waals surface area contributed by atoms with Gasteiger partial charge in [-0.2, -0.15) is 0 Å². The first kappa shape index (κ1) is 9.87. The van der Waals surface area contributed by atoms with Gasteiger partial charge < -0.3 is 4.79 Å². The highest BCUT2D eigenvalue weighted by atomic mass is 33.1. The van der Waals surface area contributed by atoms with Crippen LogP contribution in [0.15, 0.2) is 35.7 Å². The number of benzene rings is 1. The van der Waals surface area contributed by atoms with Gasteiger partial charge in [0.15, 0.2) is 0 Å². The van der Waals surface area contributed by atoms with Gasteiger partial charge in [0.2, 0.25) is 0 Å². The Kier molecular flexibility index (Phi) is 3.32. The van der Waals surface area contributed by atoms with Crippen LogP contribution >= 0.6 is 21.6 Å². The number of rotatable bonds is 3. The van der Waals surface area contributed by atoms with E-state index in [0.29, 0.717) is 11.7 Å². The zero-order chi connectivity index (χ0) is 9.80. The summed E-state index contributed by atoms with van der Waals surface area (Å²) in [7, 11) is 3.48. The van der Waals surface area contributed by atoms with Crippen LogP contribution in [-0.4, -0.2) is 11.5 Å². The van der Waals surface area contributed by atoms with Gasteiger partial charge in [-0.15, -0.1) is 0 Å². The lowest BCUT2D eigenvalue weighted by Gasteiger charge is -2.09. The summed E-state index contributed by atoms with van der Waals surface area (Å²) >= 11 is 0. The van der Waals surface area contributed by atoms with Crippen LogP contribution in [0.4, 0.5) is 0 Å². The molecular weight excluding hydrogens is 212 g/mol. The van der Waals surface area contributed by atoms with Crippen molar-refractivity contribution in [1.29, 1.82) is 0 Å². The Morgan fingerprint density at radius 3 is 2.79 bits per heavy atom. The van der Waals surface area contributed by atoms with Gasteiger partial charge in [-0.25, -0.2) is 0 Å². The molecule has 1 aliphatic rings. The lowest BCUT2D eigenvalue weighted by Crippen LogP contribution is -2.02. The van der Waals surface area contributed by atoms with Crippen LogP contribution in [0, 0.1) is 0 Å². The second kappa shape index (κ2) is 4.71. The minimum atomic E-state index is 0.333. The lowest BCUT2D eigenvalue weighted by atomic mass is 10.0. The quantitative estimate of drug-likeness (QED) is 0.576. The van der Waals surface area contributed by atoms with Crippen LogP contribution < -0.4 is 0 Å². The number of carbonyl (C=O) groups excluding carboxylic acids is 1. The van der Waals surface area contributed by atoms with E-state index in [4.69, 9.17) is 0 Å². The van der Waals surface area contributed by atoms with E-state index in [-0.39, 0.29) is 0 Å². The first-order valence-corrected chi connectivity index (χ1v) is 6.70. The average molecular weight is 222 g/mol. The van der Waals surface area contributed by atoms with Crippen molar-refractivity contribution >= 4 is 33.4 Å². The molecule has 14 heavy (non-hydrogen) atoms. The van der Waals surface area contributed by atoms with Crippen molar-refractivity contribution in [2.24, 2.45) is 0 Å². The Labute approximate surface area is 91.4 Å². The van der Waals surface area contributed by atoms with Crippen molar-refractivity contribution in [1.82, 2.24) is 0 Å². The topological polar surface area (TPSA) is 17.1 Å². The molecule has 1 heterocycles. The maximum atomic E-state index is 10.5. The van der Waals surface area contributed by atoms with E-state index in [0.717, 1.165) is 6.29 Å². The van der Waals surface area contributed by atoms with E-state index in [1.807, 2.05) is 18.2 Å². The fraction of sp³-hybridized carbons (Fsp3) is 0.182. The third kappa shape index (κ3) is 2.04. The van der Waals surface area contributed by atoms with Crippen LogP contribution in [0.5, 0.6) is 0 Å². The molecule has 72 valence electrons. The van der Waals surface area contributed by atoms with E-state index in [1.165, 1.54) is 11.1 Å². The number of hydrogen-bond acceptors (Lipinski definition) is 3. The zero-order valence-corrected chi connectivity index (χ0v) is 9.18. The predicted molar refractivity (Wildman–Crippen MR) is 64.1 cm³/mol. The monoisotopic (exact) mass is 222 g/mol. The molecule has 0 saturated heterocycles. The fourth-order valence-electron chi connectivity index (χ4n) is 1.41. The van der Waals surface area contributed by atoms with Crippen molar-refractivity contribution in [2.45, 2.75) is 11.7 Å². The smallest absolute Gasteiger partial charge is 0.121 e. The SMILES string of the molecule is O=CCC1SSC=C1c1ccccc1. The van der Waals surface area contributed by atoms with E-state index in [2.05, 4.69) is 17.5 Å². The molecule has 0 N–H and O–H groups in total. The van der Waals surface area contributed by atoms with Crippen LogP contribution in [-0.2, 0) is 4.79 Å². The van der Waals surface area contributed by atoms with Gasteiger partial charge in [0.1, 0.15) is 6.29 Å². The second-order valence-corrected chi connectivity index (χ2v) is 5.37. The predicted octanol–water partition coefficient (Wildman–Crippen LogP) is 3.38. The Hall–Kier alpha value is -0.670. The summed E-state index contributed by atoms with van der Waals surface area (Å²) in [5.74, 6) is 0. The molecule has 1 nitrogen and oxygen atoms in total. The lowest BCUT2D eigenvalue weighted by molar-refractivity contribution is -0.107. The Morgan fingerprint density at radius 1 is 1.29 bits per heavy atom. The molecule has 2 rings (SSSR count). The van der Waals surface area contributed by atoms with E-state index < -0.39 is 0 Å². The molecule has 0 spiro atoms. The van der Waals surface area contributed by atoms with Gasteiger partial charge in [0.25, 0.3) is 0 Å². The summed E-state index contributed by atoms with van der Waals surface area (Å²) in [6.45, 7) is 0. The summed E-state index contributed by atoms with van der Waals surface area (Å²) in [6, 6.07) is 10.3. The second-order valence-electron chi connectivity index (χ2n) is 3.02. The maximum absolute atomic E-state index is 10.5. The summed E-state index contributed by atoms with van der Waals surface area (Å²) in [4.78, 5) is 10.5. The first-order chi connectivity index (χ1) is 6.92. The molecule has 0 amide bonds. The highest BCUT2D eigenvalue weighted by molar-refractivity contribution is 8.78. The molecule has 1 unspecified atom stereocenters. The Bertz CT molecular complexity index is 346. The third-order valence-corrected chi connectivity index (χ3v) is 4.57. The van der Waals surface area contributed by atoms with Crippen LogP contribution in [0.2, 0.25) is 0 Å². The van der Waals surface area contributed by atoms with Gasteiger partial charge in [-0.05, 0) is 16.5 Å². The molecule has 1 aliphatic heterocycles. The maximum Gasteiger partial charge on any atom is 0.121 e. The van der Waals surface area contributed by atoms with Crippen molar-refractivity contribution in [2.75, 3.05) is 0 Å². The largest absolute Gasteiger partial charge is 0.303 e. The highest BCUT2D eigenvalue weighted by Crippen LogP contribution is 2.45. The molecular formula is C11H10OS2. The van der Waals surface area contributed by atoms with Crippen molar-refractivity contribution in [3.05, 3.63) is 41.3 Å². The fourth-order valence-corrected chi connectivity index (χ4v) is 3.98. The Balaban J connectivity index is 2.22. The van der Waals surface area contributed by atoms with Gasteiger partial charge in [0.05, 0.1) is 0 Å². The summed E-state index contributed by atoms with van der Waals surface area (Å²) in [5.41, 5.74) is 2.52. The minimum absolute atomic E-state index is 0.333. The molecule has 0 fully saturated rings. The van der Waals surface area contributed by atoms with E-state index in [9.17, 15) is 4.79 Å². The van der Waals surface area contributed by atoms with Gasteiger partial charge in [-0.1, -0.05) is 51.9 Å². The normalized spacial score (nSPS) is 20.6. The number of aldehydes is 1. The highest BCUT2D eigenvalue weighted by Gasteiger charge is 2.21. The third-order valence-electron chi connectivity index (χ3n) is 2.11. The van der Waals surface area contributed by atoms with Crippen LogP contribution in [0.25, 0.3) is 5.57 Å². The standard InChI is InChI=1S/C11H10OS2/c12-7-6-11-10(8-13-14-11)9-4-2-1-3-5-9/h1-5,7-8,11H,6H2. The molecule has 0 aromatic heterocycles. The molecule has 1 aromatic carbocycles. The molecule has 0 saturated carbocycles. The first-order valence-electron chi connectivity index (χ1n) is 4.43. The van der Waals surface area contributed by atoms with Crippen molar-refractivity contribution in [3.8, 4) is 0 Å². The average Bonchev–Trinajstić information content (AvgIpc) is 2.68. The summed E-state index contributed by atoms with van der Waals surface area (Å²) in [6.07, 6.45) is 1.61. The molecule has 0 radical (unpaired) electrons. The molecule has 3 heteroatoms.